The fourth-order valence-electron chi connectivity index (χ4n) is 2.47. The first kappa shape index (κ1) is 16.5. The Morgan fingerprint density at radius 2 is 1.91 bits per heavy atom. The van der Waals surface area contributed by atoms with Gasteiger partial charge in [-0.15, -0.1) is 0 Å². The molecule has 22 heavy (non-hydrogen) atoms. The maximum absolute atomic E-state index is 11.9. The highest BCUT2D eigenvalue weighted by molar-refractivity contribution is 6.39. The number of carbonyl (C=O) groups is 2. The van der Waals surface area contributed by atoms with Gasteiger partial charge in [0.1, 0.15) is 0 Å². The summed E-state index contributed by atoms with van der Waals surface area (Å²) in [5.74, 6) is -1.19. The summed E-state index contributed by atoms with van der Waals surface area (Å²) in [5.41, 5.74) is 1.72. The normalized spacial score (nSPS) is 15.3. The number of nitrogens with zero attached hydrogens (tertiary/aromatic N) is 1. The van der Waals surface area contributed by atoms with Gasteiger partial charge in [-0.3, -0.25) is 14.5 Å². The molecular weight excluding hydrogens is 280 g/mol. The van der Waals surface area contributed by atoms with Gasteiger partial charge in [0.05, 0.1) is 0 Å². The Kier molecular flexibility index (Phi) is 6.36. The average molecular weight is 304 g/mol. The lowest BCUT2D eigenvalue weighted by Crippen LogP contribution is -2.47. The van der Waals surface area contributed by atoms with E-state index in [1.54, 1.807) is 0 Å². The van der Waals surface area contributed by atoms with Crippen LogP contribution in [0.15, 0.2) is 24.3 Å². The van der Waals surface area contributed by atoms with Crippen LogP contribution in [-0.2, 0) is 16.0 Å². The van der Waals surface area contributed by atoms with Crippen LogP contribution >= 0.6 is 0 Å². The second-order valence-corrected chi connectivity index (χ2v) is 5.31. The summed E-state index contributed by atoms with van der Waals surface area (Å²) in [6, 6.07) is 7.52. The lowest BCUT2D eigenvalue weighted by atomic mass is 10.1. The molecule has 0 bridgehead atoms. The quantitative estimate of drug-likeness (QED) is 0.680. The minimum atomic E-state index is -0.610. The van der Waals surface area contributed by atoms with E-state index in [0.29, 0.717) is 12.2 Å². The number of anilines is 1. The lowest BCUT2D eigenvalue weighted by Gasteiger charge is -2.26. The number of nitrogens with one attached hydrogen (secondary N) is 3. The Balaban J connectivity index is 1.75. The molecule has 0 aliphatic carbocycles. The summed E-state index contributed by atoms with van der Waals surface area (Å²) in [6.07, 6.45) is 0.807. The highest BCUT2D eigenvalue weighted by Gasteiger charge is 2.15. The van der Waals surface area contributed by atoms with E-state index in [4.69, 9.17) is 0 Å². The molecule has 1 heterocycles. The van der Waals surface area contributed by atoms with Crippen LogP contribution in [0, 0.1) is 0 Å². The van der Waals surface area contributed by atoms with Crippen LogP contribution in [0.4, 0.5) is 5.69 Å². The second kappa shape index (κ2) is 8.51. The zero-order chi connectivity index (χ0) is 15.8. The zero-order valence-electron chi connectivity index (χ0n) is 13.0. The number of hydrogen-bond acceptors (Lipinski definition) is 4. The molecule has 1 fully saturated rings. The van der Waals surface area contributed by atoms with Gasteiger partial charge in [-0.05, 0) is 18.1 Å². The maximum atomic E-state index is 11.9. The van der Waals surface area contributed by atoms with Gasteiger partial charge in [-0.2, -0.15) is 0 Å². The van der Waals surface area contributed by atoms with Crippen molar-refractivity contribution in [2.45, 2.75) is 13.3 Å². The van der Waals surface area contributed by atoms with Crippen LogP contribution in [0.2, 0.25) is 0 Å². The molecular formula is C16H24N4O2. The Hall–Kier alpha value is -1.92. The first-order valence-electron chi connectivity index (χ1n) is 7.81. The molecule has 2 rings (SSSR count). The number of piperazine rings is 1. The number of rotatable bonds is 5. The van der Waals surface area contributed by atoms with Crippen molar-refractivity contribution in [2.24, 2.45) is 0 Å². The summed E-state index contributed by atoms with van der Waals surface area (Å²) in [6.45, 7) is 7.18. The van der Waals surface area contributed by atoms with E-state index in [0.717, 1.165) is 44.7 Å². The molecule has 1 aliphatic heterocycles. The van der Waals surface area contributed by atoms with E-state index in [-0.39, 0.29) is 0 Å². The standard InChI is InChI=1S/C16H24N4O2/c1-2-13-5-3-4-6-14(13)19-16(22)15(21)18-9-12-20-10-7-17-8-11-20/h3-6,17H,2,7-12H2,1H3,(H,18,21)(H,19,22). The SMILES string of the molecule is CCc1ccccc1NC(=O)C(=O)NCCN1CCNCC1. The Morgan fingerprint density at radius 1 is 1.18 bits per heavy atom. The number of carbonyl (C=O) groups excluding carboxylic acids is 2. The van der Waals surface area contributed by atoms with Gasteiger partial charge in [-0.1, -0.05) is 25.1 Å². The highest BCUT2D eigenvalue weighted by atomic mass is 16.2. The summed E-state index contributed by atoms with van der Waals surface area (Å²) in [5, 5.41) is 8.63. The van der Waals surface area contributed by atoms with Gasteiger partial charge >= 0.3 is 11.8 Å². The van der Waals surface area contributed by atoms with Crippen molar-refractivity contribution in [3.05, 3.63) is 29.8 Å². The molecule has 0 aromatic heterocycles. The van der Waals surface area contributed by atoms with Crippen LogP contribution in [-0.4, -0.2) is 56.0 Å². The van der Waals surface area contributed by atoms with Crippen molar-refractivity contribution >= 4 is 17.5 Å². The van der Waals surface area contributed by atoms with Crippen LogP contribution in [0.3, 0.4) is 0 Å². The first-order valence-corrected chi connectivity index (χ1v) is 7.81. The number of amides is 2. The Bertz CT molecular complexity index is 513. The van der Waals surface area contributed by atoms with Crippen molar-refractivity contribution < 1.29 is 9.59 Å². The minimum Gasteiger partial charge on any atom is -0.347 e. The Labute approximate surface area is 131 Å². The topological polar surface area (TPSA) is 73.5 Å². The first-order chi connectivity index (χ1) is 10.7. The molecule has 1 aliphatic rings. The molecule has 1 aromatic rings. The average Bonchev–Trinajstić information content (AvgIpc) is 2.56. The third-order valence-electron chi connectivity index (χ3n) is 3.78. The molecule has 2 amide bonds. The molecule has 6 heteroatoms. The zero-order valence-corrected chi connectivity index (χ0v) is 13.0. The van der Waals surface area contributed by atoms with E-state index in [1.807, 2.05) is 31.2 Å². The molecule has 1 aromatic carbocycles. The highest BCUT2D eigenvalue weighted by Crippen LogP contribution is 2.14. The third-order valence-corrected chi connectivity index (χ3v) is 3.78. The van der Waals surface area contributed by atoms with E-state index in [2.05, 4.69) is 20.9 Å². The molecule has 0 saturated carbocycles. The summed E-state index contributed by atoms with van der Waals surface area (Å²) < 4.78 is 0. The van der Waals surface area contributed by atoms with Gasteiger partial charge in [-0.25, -0.2) is 0 Å². The molecule has 1 saturated heterocycles. The predicted octanol–water partition coefficient (Wildman–Crippen LogP) is 0.209. The monoisotopic (exact) mass is 304 g/mol. The van der Waals surface area contributed by atoms with Gasteiger partial charge < -0.3 is 16.0 Å². The van der Waals surface area contributed by atoms with Crippen LogP contribution < -0.4 is 16.0 Å². The fourth-order valence-corrected chi connectivity index (χ4v) is 2.47. The number of hydrogen-bond donors (Lipinski definition) is 3. The molecule has 0 atom stereocenters. The van der Waals surface area contributed by atoms with Crippen molar-refractivity contribution in [2.75, 3.05) is 44.6 Å². The van der Waals surface area contributed by atoms with Crippen molar-refractivity contribution in [1.29, 1.82) is 0 Å². The van der Waals surface area contributed by atoms with E-state index < -0.39 is 11.8 Å². The van der Waals surface area contributed by atoms with E-state index in [1.165, 1.54) is 0 Å². The van der Waals surface area contributed by atoms with Crippen molar-refractivity contribution in [1.82, 2.24) is 15.5 Å². The molecule has 0 unspecified atom stereocenters. The van der Waals surface area contributed by atoms with Crippen LogP contribution in [0.25, 0.3) is 0 Å². The molecule has 6 nitrogen and oxygen atoms in total. The van der Waals surface area contributed by atoms with Crippen LogP contribution in [0.5, 0.6) is 0 Å². The van der Waals surface area contributed by atoms with E-state index in [9.17, 15) is 9.59 Å². The van der Waals surface area contributed by atoms with Gasteiger partial charge in [0.2, 0.25) is 0 Å². The largest absolute Gasteiger partial charge is 0.347 e. The van der Waals surface area contributed by atoms with Gasteiger partial charge in [0.25, 0.3) is 0 Å². The fraction of sp³-hybridized carbons (Fsp3) is 0.500. The van der Waals surface area contributed by atoms with Crippen molar-refractivity contribution in [3.63, 3.8) is 0 Å². The smallest absolute Gasteiger partial charge is 0.313 e. The summed E-state index contributed by atoms with van der Waals surface area (Å²) in [7, 11) is 0. The number of aryl methyl sites for hydroxylation is 1. The molecule has 0 radical (unpaired) electrons. The molecule has 120 valence electrons. The summed E-state index contributed by atoms with van der Waals surface area (Å²) >= 11 is 0. The number of benzene rings is 1. The lowest BCUT2D eigenvalue weighted by molar-refractivity contribution is -0.136. The van der Waals surface area contributed by atoms with Gasteiger partial charge in [0, 0.05) is 45.0 Å². The maximum Gasteiger partial charge on any atom is 0.313 e. The van der Waals surface area contributed by atoms with Gasteiger partial charge in [0.15, 0.2) is 0 Å². The van der Waals surface area contributed by atoms with E-state index >= 15 is 0 Å². The Morgan fingerprint density at radius 3 is 2.64 bits per heavy atom. The summed E-state index contributed by atoms with van der Waals surface area (Å²) in [4.78, 5) is 26.0. The van der Waals surface area contributed by atoms with Crippen molar-refractivity contribution in [3.8, 4) is 0 Å². The predicted molar refractivity (Wildman–Crippen MR) is 86.8 cm³/mol. The third kappa shape index (κ3) is 4.82. The molecule has 3 N–H and O–H groups in total. The second-order valence-electron chi connectivity index (χ2n) is 5.31. The minimum absolute atomic E-state index is 0.488. The van der Waals surface area contributed by atoms with Crippen LogP contribution in [0.1, 0.15) is 12.5 Å². The number of para-hydroxylation sites is 1. The molecule has 0 spiro atoms.